The van der Waals surface area contributed by atoms with Crippen molar-refractivity contribution in [3.63, 3.8) is 0 Å². The van der Waals surface area contributed by atoms with E-state index in [2.05, 4.69) is 20.7 Å². The summed E-state index contributed by atoms with van der Waals surface area (Å²) in [5.74, 6) is 0.355. The second-order valence-electron chi connectivity index (χ2n) is 4.83. The SMILES string of the molecule is COC(=O)Nc1cccc(NC(=O)NC(C)C(C)C)c1. The molecule has 0 aliphatic heterocycles. The summed E-state index contributed by atoms with van der Waals surface area (Å²) in [7, 11) is 1.29. The van der Waals surface area contributed by atoms with Gasteiger partial charge in [-0.3, -0.25) is 5.32 Å². The van der Waals surface area contributed by atoms with Crippen molar-refractivity contribution in [1.82, 2.24) is 5.32 Å². The molecule has 0 saturated carbocycles. The molecular formula is C14H21N3O3. The summed E-state index contributed by atoms with van der Waals surface area (Å²) < 4.78 is 4.50. The van der Waals surface area contributed by atoms with Crippen molar-refractivity contribution in [3.8, 4) is 0 Å². The summed E-state index contributed by atoms with van der Waals surface area (Å²) in [4.78, 5) is 22.9. The topological polar surface area (TPSA) is 79.5 Å². The third kappa shape index (κ3) is 5.17. The molecule has 3 N–H and O–H groups in total. The normalized spacial score (nSPS) is 11.7. The number of hydrogen-bond acceptors (Lipinski definition) is 3. The first-order valence-corrected chi connectivity index (χ1v) is 6.45. The largest absolute Gasteiger partial charge is 0.453 e. The van der Waals surface area contributed by atoms with Crippen molar-refractivity contribution >= 4 is 23.5 Å². The number of benzene rings is 1. The molecule has 1 atom stereocenters. The van der Waals surface area contributed by atoms with Gasteiger partial charge in [-0.15, -0.1) is 0 Å². The van der Waals surface area contributed by atoms with Crippen LogP contribution in [-0.4, -0.2) is 25.3 Å². The van der Waals surface area contributed by atoms with E-state index in [9.17, 15) is 9.59 Å². The molecule has 0 aliphatic rings. The second kappa shape index (κ2) is 7.37. The summed E-state index contributed by atoms with van der Waals surface area (Å²) >= 11 is 0. The van der Waals surface area contributed by atoms with Gasteiger partial charge in [0.1, 0.15) is 0 Å². The molecule has 6 nitrogen and oxygen atoms in total. The highest BCUT2D eigenvalue weighted by atomic mass is 16.5. The molecule has 0 aromatic heterocycles. The number of carbonyl (C=O) groups is 2. The number of amides is 3. The van der Waals surface area contributed by atoms with E-state index in [1.807, 2.05) is 20.8 Å². The Kier molecular flexibility index (Phi) is 5.83. The molecule has 110 valence electrons. The standard InChI is InChI=1S/C14H21N3O3/c1-9(2)10(3)15-13(18)16-11-6-5-7-12(8-11)17-14(19)20-4/h5-10H,1-4H3,(H,17,19)(H2,15,16,18). The van der Waals surface area contributed by atoms with Crippen LogP contribution in [0.4, 0.5) is 21.0 Å². The Morgan fingerprint density at radius 3 is 2.25 bits per heavy atom. The zero-order chi connectivity index (χ0) is 15.1. The lowest BCUT2D eigenvalue weighted by Crippen LogP contribution is -2.39. The van der Waals surface area contributed by atoms with Crippen LogP contribution in [0.2, 0.25) is 0 Å². The number of carbonyl (C=O) groups excluding carboxylic acids is 2. The lowest BCUT2D eigenvalue weighted by Gasteiger charge is -2.18. The van der Waals surface area contributed by atoms with Crippen molar-refractivity contribution < 1.29 is 14.3 Å². The Labute approximate surface area is 118 Å². The summed E-state index contributed by atoms with van der Waals surface area (Å²) in [6, 6.07) is 6.62. The number of anilines is 2. The second-order valence-corrected chi connectivity index (χ2v) is 4.83. The van der Waals surface area contributed by atoms with Crippen LogP contribution in [0, 0.1) is 5.92 Å². The van der Waals surface area contributed by atoms with Gasteiger partial charge in [0.15, 0.2) is 0 Å². The summed E-state index contributed by atoms with van der Waals surface area (Å²) in [5, 5.41) is 8.09. The van der Waals surface area contributed by atoms with Crippen LogP contribution < -0.4 is 16.0 Å². The third-order valence-corrected chi connectivity index (χ3v) is 2.91. The summed E-state index contributed by atoms with van der Waals surface area (Å²) in [5.41, 5.74) is 1.14. The van der Waals surface area contributed by atoms with Crippen LogP contribution in [0.5, 0.6) is 0 Å². The molecule has 1 aromatic rings. The van der Waals surface area contributed by atoms with Crippen molar-refractivity contribution in [2.24, 2.45) is 5.92 Å². The fourth-order valence-electron chi connectivity index (χ4n) is 1.38. The number of urea groups is 1. The number of nitrogens with one attached hydrogen (secondary N) is 3. The van der Waals surface area contributed by atoms with Crippen molar-refractivity contribution in [2.75, 3.05) is 17.7 Å². The monoisotopic (exact) mass is 279 g/mol. The van der Waals surface area contributed by atoms with Crippen LogP contribution in [0.25, 0.3) is 0 Å². The van der Waals surface area contributed by atoms with E-state index in [0.29, 0.717) is 17.3 Å². The molecule has 1 aromatic carbocycles. The minimum Gasteiger partial charge on any atom is -0.453 e. The van der Waals surface area contributed by atoms with Gasteiger partial charge in [0.2, 0.25) is 0 Å². The van der Waals surface area contributed by atoms with Gasteiger partial charge in [0, 0.05) is 17.4 Å². The molecule has 0 saturated heterocycles. The highest BCUT2D eigenvalue weighted by Gasteiger charge is 2.10. The predicted molar refractivity (Wildman–Crippen MR) is 78.9 cm³/mol. The van der Waals surface area contributed by atoms with E-state index in [-0.39, 0.29) is 12.1 Å². The summed E-state index contributed by atoms with van der Waals surface area (Å²) in [6.45, 7) is 6.01. The number of rotatable bonds is 4. The first kappa shape index (κ1) is 15.8. The minimum atomic E-state index is -0.556. The number of ether oxygens (including phenoxy) is 1. The average molecular weight is 279 g/mol. The van der Waals surface area contributed by atoms with Crippen LogP contribution in [0.3, 0.4) is 0 Å². The number of hydrogen-bond donors (Lipinski definition) is 3. The summed E-state index contributed by atoms with van der Waals surface area (Å²) in [6.07, 6.45) is -0.556. The van der Waals surface area contributed by atoms with E-state index < -0.39 is 6.09 Å². The van der Waals surface area contributed by atoms with Crippen LogP contribution in [0.15, 0.2) is 24.3 Å². The molecule has 20 heavy (non-hydrogen) atoms. The van der Waals surface area contributed by atoms with Gasteiger partial charge in [0.05, 0.1) is 7.11 Å². The van der Waals surface area contributed by atoms with E-state index in [0.717, 1.165) is 0 Å². The Bertz CT molecular complexity index is 474. The van der Waals surface area contributed by atoms with Gasteiger partial charge in [-0.1, -0.05) is 19.9 Å². The van der Waals surface area contributed by atoms with Crippen LogP contribution >= 0.6 is 0 Å². The molecule has 0 spiro atoms. The fourth-order valence-corrected chi connectivity index (χ4v) is 1.38. The fraction of sp³-hybridized carbons (Fsp3) is 0.429. The van der Waals surface area contributed by atoms with Gasteiger partial charge in [-0.05, 0) is 31.0 Å². The van der Waals surface area contributed by atoms with Gasteiger partial charge >= 0.3 is 12.1 Å². The molecule has 3 amide bonds. The Hall–Kier alpha value is -2.24. The third-order valence-electron chi connectivity index (χ3n) is 2.91. The maximum absolute atomic E-state index is 11.8. The molecule has 0 bridgehead atoms. The lowest BCUT2D eigenvalue weighted by molar-refractivity contribution is 0.187. The van der Waals surface area contributed by atoms with Crippen LogP contribution in [0.1, 0.15) is 20.8 Å². The predicted octanol–water partition coefficient (Wildman–Crippen LogP) is 3.03. The highest BCUT2D eigenvalue weighted by Crippen LogP contribution is 2.15. The van der Waals surface area contributed by atoms with Gasteiger partial charge in [-0.25, -0.2) is 9.59 Å². The Balaban J connectivity index is 2.61. The first-order valence-electron chi connectivity index (χ1n) is 6.45. The zero-order valence-electron chi connectivity index (χ0n) is 12.2. The zero-order valence-corrected chi connectivity index (χ0v) is 12.2. The van der Waals surface area contributed by atoms with E-state index in [4.69, 9.17) is 0 Å². The lowest BCUT2D eigenvalue weighted by atomic mass is 10.1. The quantitative estimate of drug-likeness (QED) is 0.792. The van der Waals surface area contributed by atoms with Crippen molar-refractivity contribution in [3.05, 3.63) is 24.3 Å². The highest BCUT2D eigenvalue weighted by molar-refractivity contribution is 5.91. The molecule has 0 radical (unpaired) electrons. The van der Waals surface area contributed by atoms with Crippen molar-refractivity contribution in [1.29, 1.82) is 0 Å². The molecule has 0 fully saturated rings. The molecule has 0 heterocycles. The maximum Gasteiger partial charge on any atom is 0.411 e. The number of methoxy groups -OCH3 is 1. The van der Waals surface area contributed by atoms with Crippen LogP contribution in [-0.2, 0) is 4.74 Å². The molecule has 6 heteroatoms. The van der Waals surface area contributed by atoms with E-state index >= 15 is 0 Å². The van der Waals surface area contributed by atoms with Gasteiger partial charge in [-0.2, -0.15) is 0 Å². The van der Waals surface area contributed by atoms with E-state index in [1.54, 1.807) is 24.3 Å². The minimum absolute atomic E-state index is 0.0753. The van der Waals surface area contributed by atoms with Crippen molar-refractivity contribution in [2.45, 2.75) is 26.8 Å². The Morgan fingerprint density at radius 1 is 1.10 bits per heavy atom. The Morgan fingerprint density at radius 2 is 1.70 bits per heavy atom. The average Bonchev–Trinajstić information content (AvgIpc) is 2.38. The smallest absolute Gasteiger partial charge is 0.411 e. The van der Waals surface area contributed by atoms with Gasteiger partial charge < -0.3 is 15.4 Å². The molecule has 0 aliphatic carbocycles. The van der Waals surface area contributed by atoms with Gasteiger partial charge in [0.25, 0.3) is 0 Å². The molecule has 1 unspecified atom stereocenters. The molecular weight excluding hydrogens is 258 g/mol. The van der Waals surface area contributed by atoms with E-state index in [1.165, 1.54) is 7.11 Å². The molecule has 1 rings (SSSR count). The first-order chi connectivity index (χ1) is 9.42. The maximum atomic E-state index is 11.8.